The normalized spacial score (nSPS) is 15.2. The maximum absolute atomic E-state index is 10.6. The standard InChI is InChI=1S/C14H19NO3/c1-18-14-10-4-2-3-9(10)5-6-11(14)12(15)7-8-13(16)17/h5-6,12H,2-4,7-8,15H2,1H3,(H,16,17). The molecule has 0 saturated carbocycles. The van der Waals surface area contributed by atoms with E-state index < -0.39 is 5.97 Å². The number of hydrogen-bond donors (Lipinski definition) is 2. The van der Waals surface area contributed by atoms with Crippen LogP contribution in [0.4, 0.5) is 0 Å². The van der Waals surface area contributed by atoms with Crippen molar-refractivity contribution in [2.75, 3.05) is 7.11 Å². The quantitative estimate of drug-likeness (QED) is 0.837. The van der Waals surface area contributed by atoms with Crippen molar-refractivity contribution in [3.63, 3.8) is 0 Å². The molecule has 1 aliphatic carbocycles. The maximum Gasteiger partial charge on any atom is 0.303 e. The Bertz CT molecular complexity index is 457. The zero-order chi connectivity index (χ0) is 13.1. The van der Waals surface area contributed by atoms with Crippen LogP contribution in [-0.4, -0.2) is 18.2 Å². The summed E-state index contributed by atoms with van der Waals surface area (Å²) in [7, 11) is 1.65. The van der Waals surface area contributed by atoms with Crippen molar-refractivity contribution >= 4 is 5.97 Å². The van der Waals surface area contributed by atoms with E-state index in [1.165, 1.54) is 11.1 Å². The summed E-state index contributed by atoms with van der Waals surface area (Å²) in [4.78, 5) is 10.6. The third-order valence-corrected chi connectivity index (χ3v) is 3.53. The molecule has 0 saturated heterocycles. The molecule has 1 aromatic carbocycles. The van der Waals surface area contributed by atoms with E-state index >= 15 is 0 Å². The number of nitrogens with two attached hydrogens (primary N) is 1. The number of carboxylic acids is 1. The van der Waals surface area contributed by atoms with Crippen LogP contribution >= 0.6 is 0 Å². The van der Waals surface area contributed by atoms with Gasteiger partial charge in [0, 0.05) is 18.0 Å². The lowest BCUT2D eigenvalue weighted by molar-refractivity contribution is -0.137. The molecule has 0 bridgehead atoms. The summed E-state index contributed by atoms with van der Waals surface area (Å²) >= 11 is 0. The van der Waals surface area contributed by atoms with Gasteiger partial charge < -0.3 is 15.6 Å². The van der Waals surface area contributed by atoms with E-state index in [-0.39, 0.29) is 12.5 Å². The highest BCUT2D eigenvalue weighted by Gasteiger charge is 2.21. The summed E-state index contributed by atoms with van der Waals surface area (Å²) in [5, 5.41) is 8.70. The number of fused-ring (bicyclic) bond motifs is 1. The van der Waals surface area contributed by atoms with Gasteiger partial charge in [0.15, 0.2) is 0 Å². The number of benzene rings is 1. The molecule has 1 aromatic rings. The molecule has 0 fully saturated rings. The molecule has 0 aromatic heterocycles. The molecule has 2 rings (SSSR count). The number of carboxylic acid groups (broad SMARTS) is 1. The van der Waals surface area contributed by atoms with Crippen molar-refractivity contribution < 1.29 is 14.6 Å². The lowest BCUT2D eigenvalue weighted by atomic mass is 9.97. The molecule has 0 heterocycles. The molecule has 3 N–H and O–H groups in total. The highest BCUT2D eigenvalue weighted by molar-refractivity contribution is 5.66. The minimum Gasteiger partial charge on any atom is -0.496 e. The first-order valence-electron chi connectivity index (χ1n) is 6.29. The molecule has 0 spiro atoms. The van der Waals surface area contributed by atoms with Gasteiger partial charge in [-0.25, -0.2) is 0 Å². The molecule has 0 radical (unpaired) electrons. The van der Waals surface area contributed by atoms with Crippen molar-refractivity contribution in [2.24, 2.45) is 5.73 Å². The van der Waals surface area contributed by atoms with Gasteiger partial charge in [-0.1, -0.05) is 12.1 Å². The van der Waals surface area contributed by atoms with Crippen LogP contribution in [0.2, 0.25) is 0 Å². The Balaban J connectivity index is 2.24. The molecule has 0 amide bonds. The van der Waals surface area contributed by atoms with Crippen LogP contribution in [0.3, 0.4) is 0 Å². The first-order chi connectivity index (χ1) is 8.63. The predicted molar refractivity (Wildman–Crippen MR) is 68.8 cm³/mol. The van der Waals surface area contributed by atoms with Gasteiger partial charge in [0.1, 0.15) is 5.75 Å². The first kappa shape index (κ1) is 12.9. The summed E-state index contributed by atoms with van der Waals surface area (Å²) in [5.74, 6) is 0.0495. The highest BCUT2D eigenvalue weighted by atomic mass is 16.5. The van der Waals surface area contributed by atoms with Gasteiger partial charge in [-0.3, -0.25) is 4.79 Å². The molecule has 1 aliphatic rings. The smallest absolute Gasteiger partial charge is 0.303 e. The number of aliphatic carboxylic acids is 1. The lowest BCUT2D eigenvalue weighted by Gasteiger charge is -2.18. The third kappa shape index (κ3) is 2.48. The number of methoxy groups -OCH3 is 1. The fraction of sp³-hybridized carbons (Fsp3) is 0.500. The van der Waals surface area contributed by atoms with Crippen molar-refractivity contribution in [3.05, 3.63) is 28.8 Å². The Labute approximate surface area is 107 Å². The number of rotatable bonds is 5. The van der Waals surface area contributed by atoms with Crippen LogP contribution < -0.4 is 10.5 Å². The van der Waals surface area contributed by atoms with Crippen LogP contribution in [0.25, 0.3) is 0 Å². The SMILES string of the molecule is COc1c(C(N)CCC(=O)O)ccc2c1CCC2. The summed E-state index contributed by atoms with van der Waals surface area (Å²) in [6, 6.07) is 3.80. The van der Waals surface area contributed by atoms with Crippen LogP contribution in [0, 0.1) is 0 Å². The van der Waals surface area contributed by atoms with Crippen molar-refractivity contribution in [1.82, 2.24) is 0 Å². The molecular formula is C14H19NO3. The first-order valence-corrected chi connectivity index (χ1v) is 6.29. The Morgan fingerprint density at radius 2 is 2.28 bits per heavy atom. The fourth-order valence-corrected chi connectivity index (χ4v) is 2.62. The van der Waals surface area contributed by atoms with Gasteiger partial charge in [-0.2, -0.15) is 0 Å². The average molecular weight is 249 g/mol. The van der Waals surface area contributed by atoms with Crippen molar-refractivity contribution in [1.29, 1.82) is 0 Å². The predicted octanol–water partition coefficient (Wildman–Crippen LogP) is 2.05. The number of aryl methyl sites for hydroxylation is 1. The Hall–Kier alpha value is -1.55. The molecule has 1 atom stereocenters. The van der Waals surface area contributed by atoms with Gasteiger partial charge in [0.2, 0.25) is 0 Å². The second-order valence-corrected chi connectivity index (χ2v) is 4.72. The van der Waals surface area contributed by atoms with Gasteiger partial charge in [0.05, 0.1) is 7.11 Å². The molecule has 18 heavy (non-hydrogen) atoms. The van der Waals surface area contributed by atoms with Crippen LogP contribution in [-0.2, 0) is 17.6 Å². The molecule has 98 valence electrons. The van der Waals surface area contributed by atoms with Gasteiger partial charge >= 0.3 is 5.97 Å². The Morgan fingerprint density at radius 1 is 1.50 bits per heavy atom. The zero-order valence-corrected chi connectivity index (χ0v) is 10.6. The number of carbonyl (C=O) groups is 1. The van der Waals surface area contributed by atoms with E-state index in [0.717, 1.165) is 30.6 Å². The van der Waals surface area contributed by atoms with Gasteiger partial charge in [-0.05, 0) is 36.8 Å². The number of hydrogen-bond acceptors (Lipinski definition) is 3. The monoisotopic (exact) mass is 249 g/mol. The summed E-state index contributed by atoms with van der Waals surface area (Å²) in [6.45, 7) is 0. The van der Waals surface area contributed by atoms with Crippen molar-refractivity contribution in [3.8, 4) is 5.75 Å². The molecular weight excluding hydrogens is 230 g/mol. The van der Waals surface area contributed by atoms with E-state index in [2.05, 4.69) is 6.07 Å². The van der Waals surface area contributed by atoms with E-state index in [0.29, 0.717) is 6.42 Å². The Kier molecular flexibility index (Phi) is 3.87. The largest absolute Gasteiger partial charge is 0.496 e. The minimum atomic E-state index is -0.814. The second-order valence-electron chi connectivity index (χ2n) is 4.72. The van der Waals surface area contributed by atoms with E-state index in [9.17, 15) is 4.79 Å². The van der Waals surface area contributed by atoms with Gasteiger partial charge in [0.25, 0.3) is 0 Å². The third-order valence-electron chi connectivity index (χ3n) is 3.53. The number of ether oxygens (including phenoxy) is 1. The summed E-state index contributed by atoms with van der Waals surface area (Å²) in [6.07, 6.45) is 3.79. The van der Waals surface area contributed by atoms with Crippen molar-refractivity contribution in [2.45, 2.75) is 38.1 Å². The van der Waals surface area contributed by atoms with Crippen LogP contribution in [0.5, 0.6) is 5.75 Å². The van der Waals surface area contributed by atoms with Crippen LogP contribution in [0.1, 0.15) is 42.0 Å². The van der Waals surface area contributed by atoms with Gasteiger partial charge in [-0.15, -0.1) is 0 Å². The minimum absolute atomic E-state index is 0.0847. The lowest BCUT2D eigenvalue weighted by Crippen LogP contribution is -2.14. The fourth-order valence-electron chi connectivity index (χ4n) is 2.62. The summed E-state index contributed by atoms with van der Waals surface area (Å²) in [5.41, 5.74) is 9.59. The maximum atomic E-state index is 10.6. The van der Waals surface area contributed by atoms with E-state index in [4.69, 9.17) is 15.6 Å². The molecule has 4 heteroatoms. The van der Waals surface area contributed by atoms with Crippen LogP contribution in [0.15, 0.2) is 12.1 Å². The molecule has 0 aliphatic heterocycles. The average Bonchev–Trinajstić information content (AvgIpc) is 2.82. The highest BCUT2D eigenvalue weighted by Crippen LogP contribution is 2.36. The zero-order valence-electron chi connectivity index (χ0n) is 10.6. The van der Waals surface area contributed by atoms with E-state index in [1.54, 1.807) is 7.11 Å². The topological polar surface area (TPSA) is 72.5 Å². The second kappa shape index (κ2) is 5.40. The molecule has 4 nitrogen and oxygen atoms in total. The molecule has 1 unspecified atom stereocenters. The Morgan fingerprint density at radius 3 is 2.94 bits per heavy atom. The van der Waals surface area contributed by atoms with E-state index in [1.807, 2.05) is 6.07 Å². The summed E-state index contributed by atoms with van der Waals surface area (Å²) < 4.78 is 5.49.